The Morgan fingerprint density at radius 3 is 3.14 bits per heavy atom. The summed E-state index contributed by atoms with van der Waals surface area (Å²) in [7, 11) is 0. The highest BCUT2D eigenvalue weighted by molar-refractivity contribution is 5.29. The summed E-state index contributed by atoms with van der Waals surface area (Å²) in [6, 6.07) is 0.685. The summed E-state index contributed by atoms with van der Waals surface area (Å²) < 4.78 is 2.19. The molecule has 1 N–H and O–H groups in total. The predicted molar refractivity (Wildman–Crippen MR) is 85.5 cm³/mol. The van der Waals surface area contributed by atoms with Crippen LogP contribution in [0.3, 0.4) is 0 Å². The van der Waals surface area contributed by atoms with Crippen molar-refractivity contribution in [1.82, 2.24) is 24.6 Å². The minimum absolute atomic E-state index is 0.685. The highest BCUT2D eigenvalue weighted by Gasteiger charge is 2.25. The van der Waals surface area contributed by atoms with Gasteiger partial charge in [-0.05, 0) is 50.6 Å². The van der Waals surface area contributed by atoms with Gasteiger partial charge in [0.15, 0.2) is 0 Å². The number of aryl methyl sites for hydroxylation is 2. The Bertz CT molecular complexity index is 601. The van der Waals surface area contributed by atoms with Gasteiger partial charge < -0.3 is 4.57 Å². The maximum absolute atomic E-state index is 4.59. The summed E-state index contributed by atoms with van der Waals surface area (Å²) in [4.78, 5) is 6.80. The molecule has 1 saturated heterocycles. The molecule has 118 valence electrons. The fourth-order valence-electron chi connectivity index (χ4n) is 4.02. The zero-order valence-electron chi connectivity index (χ0n) is 13.2. The maximum Gasteiger partial charge on any atom is 0.0945 e. The van der Waals surface area contributed by atoms with Gasteiger partial charge in [0.1, 0.15) is 0 Å². The van der Waals surface area contributed by atoms with E-state index in [1.165, 1.54) is 68.4 Å². The van der Waals surface area contributed by atoms with Crippen molar-refractivity contribution in [3.63, 3.8) is 0 Å². The first-order valence-electron chi connectivity index (χ1n) is 8.65. The number of hydrogen-bond donors (Lipinski definition) is 1. The quantitative estimate of drug-likeness (QED) is 0.923. The Morgan fingerprint density at radius 2 is 2.23 bits per heavy atom. The maximum atomic E-state index is 4.59. The highest BCUT2D eigenvalue weighted by atomic mass is 15.2. The van der Waals surface area contributed by atoms with Gasteiger partial charge in [-0.1, -0.05) is 6.42 Å². The topological polar surface area (TPSA) is 49.7 Å². The summed E-state index contributed by atoms with van der Waals surface area (Å²) in [6.07, 6.45) is 14.8. The predicted octanol–water partition coefficient (Wildman–Crippen LogP) is 2.54. The molecule has 22 heavy (non-hydrogen) atoms. The van der Waals surface area contributed by atoms with Gasteiger partial charge in [-0.3, -0.25) is 10.00 Å². The van der Waals surface area contributed by atoms with Crippen LogP contribution in [-0.2, 0) is 25.9 Å². The lowest BCUT2D eigenvalue weighted by Gasteiger charge is -2.35. The van der Waals surface area contributed by atoms with E-state index < -0.39 is 0 Å². The van der Waals surface area contributed by atoms with Gasteiger partial charge in [0.2, 0.25) is 0 Å². The molecule has 1 aliphatic heterocycles. The molecule has 2 aliphatic rings. The molecule has 1 fully saturated rings. The van der Waals surface area contributed by atoms with Crippen LogP contribution in [-0.4, -0.2) is 37.2 Å². The van der Waals surface area contributed by atoms with E-state index in [-0.39, 0.29) is 0 Å². The second-order valence-corrected chi connectivity index (χ2v) is 6.69. The van der Waals surface area contributed by atoms with E-state index in [4.69, 9.17) is 0 Å². The third-order valence-corrected chi connectivity index (χ3v) is 5.27. The van der Waals surface area contributed by atoms with Crippen molar-refractivity contribution in [2.75, 3.05) is 6.54 Å². The van der Waals surface area contributed by atoms with Crippen LogP contribution in [0.2, 0.25) is 0 Å². The molecule has 1 unspecified atom stereocenters. The van der Waals surface area contributed by atoms with E-state index in [1.54, 1.807) is 0 Å². The van der Waals surface area contributed by atoms with Crippen molar-refractivity contribution in [2.24, 2.45) is 0 Å². The van der Waals surface area contributed by atoms with Crippen LogP contribution in [0.15, 0.2) is 18.7 Å². The van der Waals surface area contributed by atoms with Crippen molar-refractivity contribution in [3.8, 4) is 0 Å². The molecule has 0 aromatic carbocycles. The molecule has 0 saturated carbocycles. The zero-order chi connectivity index (χ0) is 14.8. The van der Waals surface area contributed by atoms with Crippen LogP contribution in [0.5, 0.6) is 0 Å². The van der Waals surface area contributed by atoms with E-state index in [9.17, 15) is 0 Å². The molecular weight excluding hydrogens is 274 g/mol. The van der Waals surface area contributed by atoms with Crippen LogP contribution in [0, 0.1) is 0 Å². The van der Waals surface area contributed by atoms with E-state index in [0.29, 0.717) is 6.04 Å². The van der Waals surface area contributed by atoms with Gasteiger partial charge in [0, 0.05) is 37.2 Å². The van der Waals surface area contributed by atoms with Crippen LogP contribution >= 0.6 is 0 Å². The first kappa shape index (κ1) is 14.0. The zero-order valence-corrected chi connectivity index (χ0v) is 13.2. The Balaban J connectivity index is 1.41. The lowest BCUT2D eigenvalue weighted by Crippen LogP contribution is -2.39. The van der Waals surface area contributed by atoms with Gasteiger partial charge in [-0.15, -0.1) is 0 Å². The summed E-state index contributed by atoms with van der Waals surface area (Å²) in [5, 5.41) is 7.85. The molecule has 1 aliphatic carbocycles. The number of piperidine rings is 1. The monoisotopic (exact) mass is 299 g/mol. The minimum atomic E-state index is 0.685. The Morgan fingerprint density at radius 1 is 1.23 bits per heavy atom. The first-order valence-corrected chi connectivity index (χ1v) is 8.65. The smallest absolute Gasteiger partial charge is 0.0945 e. The lowest BCUT2D eigenvalue weighted by molar-refractivity contribution is 0.126. The fourth-order valence-corrected chi connectivity index (χ4v) is 4.02. The number of fused-ring (bicyclic) bond motifs is 1. The summed E-state index contributed by atoms with van der Waals surface area (Å²) in [5.74, 6) is 0. The Hall–Kier alpha value is -1.62. The minimum Gasteiger partial charge on any atom is -0.337 e. The molecule has 5 nitrogen and oxygen atoms in total. The molecule has 5 heteroatoms. The number of rotatable bonds is 5. The van der Waals surface area contributed by atoms with Gasteiger partial charge in [0.05, 0.1) is 12.0 Å². The van der Waals surface area contributed by atoms with Crippen molar-refractivity contribution >= 4 is 0 Å². The van der Waals surface area contributed by atoms with E-state index in [1.807, 2.05) is 12.5 Å². The lowest BCUT2D eigenvalue weighted by atomic mass is 9.98. The van der Waals surface area contributed by atoms with Crippen molar-refractivity contribution in [3.05, 3.63) is 35.7 Å². The molecule has 0 spiro atoms. The third kappa shape index (κ3) is 2.82. The number of aromatic amines is 1. The fraction of sp³-hybridized carbons (Fsp3) is 0.647. The normalized spacial score (nSPS) is 22.1. The summed E-state index contributed by atoms with van der Waals surface area (Å²) in [5.41, 5.74) is 4.21. The average molecular weight is 299 g/mol. The Labute approximate surface area is 131 Å². The molecule has 1 atom stereocenters. The molecule has 2 aromatic heterocycles. The number of imidazole rings is 1. The second kappa shape index (κ2) is 6.24. The molecule has 0 amide bonds. The third-order valence-electron chi connectivity index (χ3n) is 5.27. The molecule has 0 radical (unpaired) electrons. The largest absolute Gasteiger partial charge is 0.337 e. The van der Waals surface area contributed by atoms with Crippen molar-refractivity contribution in [1.29, 1.82) is 0 Å². The molecule has 0 bridgehead atoms. The molecular formula is C17H25N5. The number of nitrogens with zero attached hydrogens (tertiary/aromatic N) is 4. The van der Waals surface area contributed by atoms with Gasteiger partial charge in [0.25, 0.3) is 0 Å². The molecule has 3 heterocycles. The summed E-state index contributed by atoms with van der Waals surface area (Å²) >= 11 is 0. The van der Waals surface area contributed by atoms with Gasteiger partial charge >= 0.3 is 0 Å². The number of hydrogen-bond acceptors (Lipinski definition) is 3. The van der Waals surface area contributed by atoms with Crippen LogP contribution < -0.4 is 0 Å². The molecule has 2 aromatic rings. The number of aromatic nitrogens is 4. The number of nitrogens with one attached hydrogen (secondary N) is 1. The van der Waals surface area contributed by atoms with E-state index in [2.05, 4.69) is 30.8 Å². The van der Waals surface area contributed by atoms with Crippen LogP contribution in [0.4, 0.5) is 0 Å². The van der Waals surface area contributed by atoms with E-state index >= 15 is 0 Å². The standard InChI is InChI=1S/C17H25N5/c1-2-9-22(12-17-15-5-3-6-16(15)19-20-17)14(4-1)7-10-21-11-8-18-13-21/h8,11,13-14H,1-7,9-10,12H2,(H,19,20). The molecule has 4 rings (SSSR count). The van der Waals surface area contributed by atoms with Gasteiger partial charge in [-0.25, -0.2) is 4.98 Å². The van der Waals surface area contributed by atoms with Crippen LogP contribution in [0.25, 0.3) is 0 Å². The van der Waals surface area contributed by atoms with Crippen molar-refractivity contribution < 1.29 is 0 Å². The first-order chi connectivity index (χ1) is 10.9. The van der Waals surface area contributed by atoms with Gasteiger partial charge in [-0.2, -0.15) is 5.10 Å². The van der Waals surface area contributed by atoms with E-state index in [0.717, 1.165) is 13.1 Å². The Kier molecular flexibility index (Phi) is 3.97. The highest BCUT2D eigenvalue weighted by Crippen LogP contribution is 2.27. The van der Waals surface area contributed by atoms with Crippen molar-refractivity contribution in [2.45, 2.75) is 64.1 Å². The second-order valence-electron chi connectivity index (χ2n) is 6.69. The average Bonchev–Trinajstić information content (AvgIpc) is 3.26. The number of likely N-dealkylation sites (tertiary alicyclic amines) is 1. The SMILES string of the molecule is c1cn(CCC2CCCCN2Cc2n[nH]c3c2CCC3)cn1. The van der Waals surface area contributed by atoms with Crippen LogP contribution in [0.1, 0.15) is 49.1 Å². The summed E-state index contributed by atoms with van der Waals surface area (Å²) in [6.45, 7) is 3.32. The number of H-pyrrole nitrogens is 1.